The van der Waals surface area contributed by atoms with Crippen LogP contribution in [0.3, 0.4) is 0 Å². The molecule has 0 aromatic heterocycles. The Balaban J connectivity index is 2.09. The summed E-state index contributed by atoms with van der Waals surface area (Å²) in [4.78, 5) is 48.3. The van der Waals surface area contributed by atoms with E-state index in [1.54, 1.807) is 31.2 Å². The average Bonchev–Trinajstić information content (AvgIpc) is 2.77. The van der Waals surface area contributed by atoms with Crippen molar-refractivity contribution in [2.45, 2.75) is 41.0 Å². The third-order valence-corrected chi connectivity index (χ3v) is 5.88. The second-order valence-electron chi connectivity index (χ2n) is 8.26. The van der Waals surface area contributed by atoms with Gasteiger partial charge in [0, 0.05) is 23.1 Å². The molecule has 3 rings (SSSR count). The van der Waals surface area contributed by atoms with Crippen molar-refractivity contribution in [3.63, 3.8) is 0 Å². The monoisotopic (exact) mass is 441 g/mol. The van der Waals surface area contributed by atoms with Gasteiger partial charge in [0.1, 0.15) is 0 Å². The summed E-state index contributed by atoms with van der Waals surface area (Å²) < 4.78 is 0. The molecule has 3 aromatic carbocycles. The molecule has 0 saturated heterocycles. The molecule has 0 saturated carbocycles. The Morgan fingerprint density at radius 3 is 1.45 bits per heavy atom. The molecular weight excluding hydrogens is 414 g/mol. The Morgan fingerprint density at radius 1 is 0.667 bits per heavy atom. The number of carbonyl (C=O) groups is 4. The first-order valence-corrected chi connectivity index (χ1v) is 10.8. The normalized spacial score (nSPS) is 10.7. The van der Waals surface area contributed by atoms with Crippen LogP contribution in [0.1, 0.15) is 79.8 Å². The van der Waals surface area contributed by atoms with Gasteiger partial charge in [-0.1, -0.05) is 31.2 Å². The van der Waals surface area contributed by atoms with Gasteiger partial charge >= 0.3 is 0 Å². The molecule has 168 valence electrons. The molecule has 2 N–H and O–H groups in total. The van der Waals surface area contributed by atoms with Gasteiger partial charge in [-0.3, -0.25) is 19.2 Å². The van der Waals surface area contributed by atoms with Crippen molar-refractivity contribution in [1.82, 2.24) is 0 Å². The number of nitrogens with two attached hydrogens (primary N) is 1. The number of hydrogen-bond donors (Lipinski definition) is 1. The number of benzene rings is 3. The van der Waals surface area contributed by atoms with Gasteiger partial charge in [0.15, 0.2) is 17.3 Å². The fourth-order valence-corrected chi connectivity index (χ4v) is 4.07. The van der Waals surface area contributed by atoms with Crippen LogP contribution in [0, 0.1) is 13.8 Å². The summed E-state index contributed by atoms with van der Waals surface area (Å²) in [6.07, 6.45) is 0.336. The Labute approximate surface area is 193 Å². The van der Waals surface area contributed by atoms with E-state index in [-0.39, 0.29) is 22.9 Å². The highest BCUT2D eigenvalue weighted by Gasteiger charge is 2.18. The minimum Gasteiger partial charge on any atom is -0.366 e. The molecule has 0 aliphatic rings. The molecule has 0 aliphatic carbocycles. The largest absolute Gasteiger partial charge is 0.366 e. The van der Waals surface area contributed by atoms with Crippen LogP contribution in [0.4, 0.5) is 0 Å². The van der Waals surface area contributed by atoms with Gasteiger partial charge in [-0.25, -0.2) is 0 Å². The van der Waals surface area contributed by atoms with Crippen molar-refractivity contribution in [2.75, 3.05) is 0 Å². The summed E-state index contributed by atoms with van der Waals surface area (Å²) in [6, 6.07) is 14.6. The van der Waals surface area contributed by atoms with Crippen LogP contribution in [0.15, 0.2) is 48.5 Å². The molecule has 0 spiro atoms. The zero-order valence-electron chi connectivity index (χ0n) is 19.5. The van der Waals surface area contributed by atoms with Crippen LogP contribution in [0.5, 0.6) is 0 Å². The van der Waals surface area contributed by atoms with Gasteiger partial charge < -0.3 is 5.73 Å². The van der Waals surface area contributed by atoms with E-state index in [1.807, 2.05) is 38.1 Å². The summed E-state index contributed by atoms with van der Waals surface area (Å²) >= 11 is 0. The second kappa shape index (κ2) is 9.33. The van der Waals surface area contributed by atoms with Crippen LogP contribution >= 0.6 is 0 Å². The fourth-order valence-electron chi connectivity index (χ4n) is 4.07. The molecule has 5 heteroatoms. The lowest BCUT2D eigenvalue weighted by molar-refractivity contribution is 0.0965. The third-order valence-electron chi connectivity index (χ3n) is 5.88. The fraction of sp³-hybridized carbons (Fsp3) is 0.214. The third kappa shape index (κ3) is 4.67. The molecule has 0 bridgehead atoms. The van der Waals surface area contributed by atoms with Crippen molar-refractivity contribution < 1.29 is 19.2 Å². The molecule has 0 atom stereocenters. The molecule has 5 nitrogen and oxygen atoms in total. The van der Waals surface area contributed by atoms with E-state index in [0.717, 1.165) is 33.4 Å². The number of carbonyl (C=O) groups excluding carboxylic acids is 4. The number of rotatable bonds is 7. The Bertz CT molecular complexity index is 1300. The quantitative estimate of drug-likeness (QED) is 0.473. The molecule has 1 amide bonds. The molecule has 0 aliphatic heterocycles. The van der Waals surface area contributed by atoms with Crippen LogP contribution in [-0.2, 0) is 0 Å². The number of aryl methyl sites for hydroxylation is 2. The number of hydrogen-bond acceptors (Lipinski definition) is 4. The van der Waals surface area contributed by atoms with E-state index in [1.165, 1.54) is 13.8 Å². The Kier molecular flexibility index (Phi) is 6.73. The van der Waals surface area contributed by atoms with Gasteiger partial charge in [0.25, 0.3) is 0 Å². The Morgan fingerprint density at radius 2 is 1.06 bits per heavy atom. The Hall–Kier alpha value is -3.86. The predicted molar refractivity (Wildman–Crippen MR) is 130 cm³/mol. The molecule has 0 unspecified atom stereocenters. The van der Waals surface area contributed by atoms with Crippen molar-refractivity contribution in [3.05, 3.63) is 81.9 Å². The van der Waals surface area contributed by atoms with Gasteiger partial charge in [0.05, 0.1) is 5.56 Å². The van der Waals surface area contributed by atoms with Crippen molar-refractivity contribution in [2.24, 2.45) is 5.73 Å². The molecular formula is C28H27NO4. The van der Waals surface area contributed by atoms with E-state index >= 15 is 0 Å². The number of primary amides is 1. The molecule has 3 aromatic rings. The number of ketones is 3. The summed E-state index contributed by atoms with van der Waals surface area (Å²) in [5, 5.41) is 0. The summed E-state index contributed by atoms with van der Waals surface area (Å²) in [7, 11) is 0. The smallest absolute Gasteiger partial charge is 0.249 e. The van der Waals surface area contributed by atoms with Crippen LogP contribution in [0.2, 0.25) is 0 Å². The number of Topliss-reactive ketones (excluding diaryl/α,β-unsaturated/α-hetero) is 3. The molecule has 0 heterocycles. The lowest BCUT2D eigenvalue weighted by Gasteiger charge is -2.14. The first-order valence-electron chi connectivity index (χ1n) is 10.8. The van der Waals surface area contributed by atoms with E-state index in [4.69, 9.17) is 5.73 Å². The highest BCUT2D eigenvalue weighted by atomic mass is 16.1. The van der Waals surface area contributed by atoms with Gasteiger partial charge in [-0.2, -0.15) is 0 Å². The average molecular weight is 442 g/mol. The maximum Gasteiger partial charge on any atom is 0.249 e. The highest BCUT2D eigenvalue weighted by molar-refractivity contribution is 6.09. The van der Waals surface area contributed by atoms with Gasteiger partial charge in [0.2, 0.25) is 5.91 Å². The zero-order valence-corrected chi connectivity index (χ0v) is 19.5. The van der Waals surface area contributed by atoms with Gasteiger partial charge in [-0.15, -0.1) is 0 Å². The van der Waals surface area contributed by atoms with E-state index < -0.39 is 5.91 Å². The predicted octanol–water partition coefficient (Wildman–Crippen LogP) is 5.73. The topological polar surface area (TPSA) is 94.3 Å². The van der Waals surface area contributed by atoms with Crippen molar-refractivity contribution >= 4 is 23.3 Å². The minimum atomic E-state index is -0.646. The maximum absolute atomic E-state index is 12.3. The summed E-state index contributed by atoms with van der Waals surface area (Å²) in [5.74, 6) is -1.06. The van der Waals surface area contributed by atoms with Crippen molar-refractivity contribution in [3.8, 4) is 22.3 Å². The first-order chi connectivity index (χ1) is 15.5. The molecule has 33 heavy (non-hydrogen) atoms. The summed E-state index contributed by atoms with van der Waals surface area (Å²) in [5.41, 5.74) is 12.1. The summed E-state index contributed by atoms with van der Waals surface area (Å²) in [6.45, 7) is 8.46. The molecule has 0 radical (unpaired) electrons. The standard InChI is InChI=1S/C28H27NO4/c1-6-27(32)25-12-16(3)21(13-24(25)18(5)31)19-7-9-20(10-8-19)22-14-26(28(29)33)23(17(4)30)11-15(22)2/h7-14H,6H2,1-5H3,(H2,29,33). The highest BCUT2D eigenvalue weighted by Crippen LogP contribution is 2.32. The van der Waals surface area contributed by atoms with Crippen molar-refractivity contribution in [1.29, 1.82) is 0 Å². The lowest BCUT2D eigenvalue weighted by Crippen LogP contribution is -2.16. The van der Waals surface area contributed by atoms with Gasteiger partial charge in [-0.05, 0) is 85.3 Å². The SMILES string of the molecule is CCC(=O)c1cc(C)c(-c2ccc(-c3cc(C(N)=O)c(C(C)=O)cc3C)cc2)cc1C(C)=O. The second-order valence-corrected chi connectivity index (χ2v) is 8.26. The zero-order chi connectivity index (χ0) is 24.4. The minimum absolute atomic E-state index is 0.0556. The van der Waals surface area contributed by atoms with Crippen LogP contribution in [0.25, 0.3) is 22.3 Å². The lowest BCUT2D eigenvalue weighted by atomic mass is 9.89. The van der Waals surface area contributed by atoms with Crippen LogP contribution < -0.4 is 5.73 Å². The molecule has 0 fully saturated rings. The maximum atomic E-state index is 12.3. The number of amides is 1. The van der Waals surface area contributed by atoms with E-state index in [2.05, 4.69) is 0 Å². The van der Waals surface area contributed by atoms with E-state index in [9.17, 15) is 19.2 Å². The first kappa shape index (κ1) is 23.8. The van der Waals surface area contributed by atoms with Crippen LogP contribution in [-0.4, -0.2) is 23.3 Å². The van der Waals surface area contributed by atoms with E-state index in [0.29, 0.717) is 23.1 Å².